The number of halogens is 1. The molecule has 0 saturated heterocycles. The Labute approximate surface area is 110 Å². The molecule has 0 N–H and O–H groups in total. The van der Waals surface area contributed by atoms with Crippen molar-refractivity contribution in [1.29, 1.82) is 0 Å². The van der Waals surface area contributed by atoms with Gasteiger partial charge in [-0.05, 0) is 23.6 Å². The Morgan fingerprint density at radius 1 is 1.29 bits per heavy atom. The quantitative estimate of drug-likeness (QED) is 0.784. The van der Waals surface area contributed by atoms with Crippen molar-refractivity contribution >= 4 is 22.9 Å². The third-order valence-electron chi connectivity index (χ3n) is 2.37. The molecule has 2 nitrogen and oxygen atoms in total. The molecule has 0 unspecified atom stereocenters. The average molecular weight is 268 g/mol. The van der Waals surface area contributed by atoms with Crippen molar-refractivity contribution in [1.82, 2.24) is 4.90 Å². The van der Waals surface area contributed by atoms with Gasteiger partial charge in [0.1, 0.15) is 5.76 Å². The van der Waals surface area contributed by atoms with Gasteiger partial charge in [-0.25, -0.2) is 0 Å². The second-order valence-corrected chi connectivity index (χ2v) is 4.97. The minimum Gasteiger partial charge on any atom is -0.468 e. The summed E-state index contributed by atoms with van der Waals surface area (Å²) in [6.45, 7) is 2.54. The number of hydrogen-bond donors (Lipinski definition) is 0. The summed E-state index contributed by atoms with van der Waals surface area (Å²) in [5, 5.41) is 2.10. The van der Waals surface area contributed by atoms with Crippen molar-refractivity contribution in [2.75, 3.05) is 6.54 Å². The highest BCUT2D eigenvalue weighted by Crippen LogP contribution is 2.14. The maximum Gasteiger partial charge on any atom is 0.117 e. The van der Waals surface area contributed by atoms with Crippen LogP contribution >= 0.6 is 22.9 Å². The fraction of sp³-hybridized carbons (Fsp3) is 0.231. The molecule has 4 heteroatoms. The predicted octanol–water partition coefficient (Wildman–Crippen LogP) is 4.10. The van der Waals surface area contributed by atoms with Gasteiger partial charge in [0.25, 0.3) is 0 Å². The Balaban J connectivity index is 1.97. The Morgan fingerprint density at radius 2 is 2.24 bits per heavy atom. The van der Waals surface area contributed by atoms with Gasteiger partial charge >= 0.3 is 0 Å². The molecule has 0 amide bonds. The molecule has 0 spiro atoms. The Hall–Kier alpha value is -1.03. The van der Waals surface area contributed by atoms with Crippen LogP contribution < -0.4 is 0 Å². The molecule has 0 fully saturated rings. The lowest BCUT2D eigenvalue weighted by Gasteiger charge is -2.18. The number of thiophene rings is 1. The molecule has 0 radical (unpaired) electrons. The van der Waals surface area contributed by atoms with Crippen molar-refractivity contribution < 1.29 is 4.42 Å². The van der Waals surface area contributed by atoms with E-state index in [9.17, 15) is 0 Å². The van der Waals surface area contributed by atoms with Crippen LogP contribution in [0.4, 0.5) is 0 Å². The third kappa shape index (κ3) is 4.04. The van der Waals surface area contributed by atoms with Gasteiger partial charge in [-0.1, -0.05) is 23.7 Å². The lowest BCUT2D eigenvalue weighted by atomic mass is 10.3. The molecule has 17 heavy (non-hydrogen) atoms. The van der Waals surface area contributed by atoms with Gasteiger partial charge in [-0.2, -0.15) is 0 Å². The molecule has 2 aromatic rings. The second kappa shape index (κ2) is 6.64. The number of hydrogen-bond acceptors (Lipinski definition) is 3. The van der Waals surface area contributed by atoms with E-state index in [1.165, 1.54) is 4.88 Å². The first kappa shape index (κ1) is 12.4. The van der Waals surface area contributed by atoms with Crippen molar-refractivity contribution in [2.45, 2.75) is 13.1 Å². The summed E-state index contributed by atoms with van der Waals surface area (Å²) < 4.78 is 5.37. The van der Waals surface area contributed by atoms with Gasteiger partial charge in [-0.3, -0.25) is 4.90 Å². The number of furan rings is 1. The Morgan fingerprint density at radius 3 is 2.88 bits per heavy atom. The average Bonchev–Trinajstić information content (AvgIpc) is 2.99. The molecule has 0 saturated carbocycles. The van der Waals surface area contributed by atoms with Crippen LogP contribution in [0.3, 0.4) is 0 Å². The van der Waals surface area contributed by atoms with Crippen LogP contribution in [0.2, 0.25) is 0 Å². The normalized spacial score (nSPS) is 11.6. The lowest BCUT2D eigenvalue weighted by Crippen LogP contribution is -2.22. The first-order valence-corrected chi connectivity index (χ1v) is 6.72. The third-order valence-corrected chi connectivity index (χ3v) is 3.41. The minimum atomic E-state index is 0.798. The fourth-order valence-electron chi connectivity index (χ4n) is 1.62. The summed E-state index contributed by atoms with van der Waals surface area (Å²) in [5.41, 5.74) is 1.56. The minimum absolute atomic E-state index is 0.798. The van der Waals surface area contributed by atoms with Crippen LogP contribution in [0.1, 0.15) is 10.6 Å². The molecule has 2 aromatic heterocycles. The van der Waals surface area contributed by atoms with E-state index >= 15 is 0 Å². The van der Waals surface area contributed by atoms with Crippen molar-refractivity contribution in [3.05, 3.63) is 58.2 Å². The largest absolute Gasteiger partial charge is 0.468 e. The highest BCUT2D eigenvalue weighted by atomic mass is 35.5. The van der Waals surface area contributed by atoms with E-state index in [4.69, 9.17) is 16.0 Å². The van der Waals surface area contributed by atoms with Gasteiger partial charge in [0.2, 0.25) is 0 Å². The van der Waals surface area contributed by atoms with Gasteiger partial charge in [0.15, 0.2) is 0 Å². The predicted molar refractivity (Wildman–Crippen MR) is 72.1 cm³/mol. The van der Waals surface area contributed by atoms with Crippen LogP contribution in [0.5, 0.6) is 0 Å². The highest BCUT2D eigenvalue weighted by molar-refractivity contribution is 7.09. The monoisotopic (exact) mass is 267 g/mol. The van der Waals surface area contributed by atoms with Gasteiger partial charge in [0.05, 0.1) is 12.8 Å². The summed E-state index contributed by atoms with van der Waals surface area (Å²) in [6, 6.07) is 8.12. The topological polar surface area (TPSA) is 16.4 Å². The molecular formula is C13H14ClNOS. The standard InChI is InChI=1S/C13H14ClNOS/c14-6-3-7-15(10-12-4-1-8-16-12)11-13-5-2-9-17-13/h1-6,8-9H,7,10-11H2/b6-3-. The molecular weight excluding hydrogens is 254 g/mol. The summed E-state index contributed by atoms with van der Waals surface area (Å²) in [5.74, 6) is 0.976. The number of nitrogens with zero attached hydrogens (tertiary/aromatic N) is 1. The molecule has 0 aromatic carbocycles. The van der Waals surface area contributed by atoms with E-state index in [1.54, 1.807) is 23.1 Å². The maximum atomic E-state index is 5.58. The SMILES string of the molecule is Cl/C=C\CN(Cc1ccco1)Cc1cccs1. The van der Waals surface area contributed by atoms with Crippen LogP contribution in [0.15, 0.2) is 51.9 Å². The van der Waals surface area contributed by atoms with E-state index in [-0.39, 0.29) is 0 Å². The van der Waals surface area contributed by atoms with Crippen molar-refractivity contribution in [3.8, 4) is 0 Å². The molecule has 0 atom stereocenters. The van der Waals surface area contributed by atoms with Crippen LogP contribution in [-0.2, 0) is 13.1 Å². The zero-order valence-electron chi connectivity index (χ0n) is 9.38. The van der Waals surface area contributed by atoms with E-state index in [2.05, 4.69) is 22.4 Å². The summed E-state index contributed by atoms with van der Waals surface area (Å²) in [7, 11) is 0. The molecule has 0 aliphatic rings. The van der Waals surface area contributed by atoms with E-state index in [0.29, 0.717) is 0 Å². The zero-order chi connectivity index (χ0) is 11.9. The lowest BCUT2D eigenvalue weighted by molar-refractivity contribution is 0.262. The highest BCUT2D eigenvalue weighted by Gasteiger charge is 2.07. The van der Waals surface area contributed by atoms with Crippen molar-refractivity contribution in [2.24, 2.45) is 0 Å². The second-order valence-electron chi connectivity index (χ2n) is 3.69. The van der Waals surface area contributed by atoms with E-state index in [0.717, 1.165) is 25.4 Å². The molecule has 0 aliphatic heterocycles. The van der Waals surface area contributed by atoms with E-state index < -0.39 is 0 Å². The molecule has 2 rings (SSSR count). The smallest absolute Gasteiger partial charge is 0.117 e. The van der Waals surface area contributed by atoms with Gasteiger partial charge < -0.3 is 4.42 Å². The molecule has 0 aliphatic carbocycles. The zero-order valence-corrected chi connectivity index (χ0v) is 11.0. The first-order valence-electron chi connectivity index (χ1n) is 5.41. The molecule has 0 bridgehead atoms. The van der Waals surface area contributed by atoms with E-state index in [1.807, 2.05) is 18.2 Å². The van der Waals surface area contributed by atoms with Gasteiger partial charge in [-0.15, -0.1) is 11.3 Å². The molecule has 90 valence electrons. The summed E-state index contributed by atoms with van der Waals surface area (Å²) in [6.07, 6.45) is 3.65. The Bertz CT molecular complexity index is 400. The molecule has 2 heterocycles. The van der Waals surface area contributed by atoms with Crippen LogP contribution in [0.25, 0.3) is 0 Å². The fourth-order valence-corrected chi connectivity index (χ4v) is 2.45. The summed E-state index contributed by atoms with van der Waals surface area (Å²) in [4.78, 5) is 3.63. The van der Waals surface area contributed by atoms with Crippen LogP contribution in [-0.4, -0.2) is 11.4 Å². The van der Waals surface area contributed by atoms with Crippen LogP contribution in [0, 0.1) is 0 Å². The maximum absolute atomic E-state index is 5.58. The summed E-state index contributed by atoms with van der Waals surface area (Å²) >= 11 is 7.35. The van der Waals surface area contributed by atoms with Gasteiger partial charge in [0, 0.05) is 23.5 Å². The first-order chi connectivity index (χ1) is 8.38. The Kier molecular flexibility index (Phi) is 4.86. The number of rotatable bonds is 6. The van der Waals surface area contributed by atoms with Crippen molar-refractivity contribution in [3.63, 3.8) is 0 Å².